The second kappa shape index (κ2) is 9.24. The van der Waals surface area contributed by atoms with Crippen molar-refractivity contribution in [2.75, 3.05) is 13.2 Å². The first-order valence-electron chi connectivity index (χ1n) is 8.77. The van der Waals surface area contributed by atoms with Crippen molar-refractivity contribution in [3.8, 4) is 17.6 Å². The van der Waals surface area contributed by atoms with Gasteiger partial charge in [-0.05, 0) is 30.2 Å². The van der Waals surface area contributed by atoms with Gasteiger partial charge in [-0.15, -0.1) is 6.58 Å². The van der Waals surface area contributed by atoms with Crippen molar-refractivity contribution < 1.29 is 13.9 Å². The average Bonchev–Trinajstić information content (AvgIpc) is 2.71. The minimum Gasteiger partial charge on any atom is -0.481 e. The molecule has 2 aromatic carbocycles. The highest BCUT2D eigenvalue weighted by atomic mass is 16.5. The maximum atomic E-state index is 12.2. The van der Waals surface area contributed by atoms with E-state index in [2.05, 4.69) is 23.7 Å². The fraction of sp³-hybridized carbons (Fsp3) is 0.130. The van der Waals surface area contributed by atoms with Gasteiger partial charge in [0.25, 0.3) is 5.91 Å². The lowest BCUT2D eigenvalue weighted by Gasteiger charge is -2.07. The van der Waals surface area contributed by atoms with Gasteiger partial charge in [0.05, 0.1) is 11.9 Å². The molecule has 0 atom stereocenters. The van der Waals surface area contributed by atoms with Gasteiger partial charge < -0.3 is 14.5 Å². The van der Waals surface area contributed by atoms with E-state index in [-0.39, 0.29) is 24.3 Å². The fourth-order valence-corrected chi connectivity index (χ4v) is 2.62. The summed E-state index contributed by atoms with van der Waals surface area (Å²) in [6, 6.07) is 15.7. The first-order valence-corrected chi connectivity index (χ1v) is 8.77. The Bertz CT molecular complexity index is 1120. The normalized spacial score (nSPS) is 10.0. The van der Waals surface area contributed by atoms with Crippen LogP contribution in [0.25, 0.3) is 11.0 Å². The van der Waals surface area contributed by atoms with Crippen LogP contribution in [-0.2, 0) is 6.42 Å². The Morgan fingerprint density at radius 3 is 2.79 bits per heavy atom. The summed E-state index contributed by atoms with van der Waals surface area (Å²) in [7, 11) is 0. The smallest absolute Gasteiger partial charge is 0.287 e. The average molecular weight is 373 g/mol. The van der Waals surface area contributed by atoms with E-state index in [1.54, 1.807) is 24.3 Å². The molecule has 0 spiro atoms. The molecule has 0 saturated carbocycles. The molecular weight excluding hydrogens is 354 g/mol. The summed E-state index contributed by atoms with van der Waals surface area (Å²) in [6.45, 7) is 4.05. The molecule has 0 saturated heterocycles. The molecule has 140 valence electrons. The monoisotopic (exact) mass is 373 g/mol. The first-order chi connectivity index (χ1) is 13.7. The summed E-state index contributed by atoms with van der Waals surface area (Å²) < 4.78 is 11.1. The van der Waals surface area contributed by atoms with Crippen LogP contribution in [0.3, 0.4) is 0 Å². The van der Waals surface area contributed by atoms with E-state index in [0.29, 0.717) is 11.0 Å². The Balaban J connectivity index is 1.54. The van der Waals surface area contributed by atoms with E-state index >= 15 is 0 Å². The van der Waals surface area contributed by atoms with Crippen molar-refractivity contribution in [1.29, 1.82) is 0 Å². The zero-order valence-corrected chi connectivity index (χ0v) is 15.2. The largest absolute Gasteiger partial charge is 0.481 e. The van der Waals surface area contributed by atoms with Gasteiger partial charge in [-0.3, -0.25) is 9.59 Å². The Morgan fingerprint density at radius 1 is 1.14 bits per heavy atom. The summed E-state index contributed by atoms with van der Waals surface area (Å²) in [6.07, 6.45) is 2.53. The summed E-state index contributed by atoms with van der Waals surface area (Å²) in [5.41, 5.74) is 1.15. The third kappa shape index (κ3) is 4.68. The highest BCUT2D eigenvalue weighted by Crippen LogP contribution is 2.18. The standard InChI is InChI=1S/C23H19NO4/c1-2-9-17-10-3-5-12-20(17)27-15-8-7-14-24-23(26)22-16-19(25)18-11-4-6-13-21(18)28-22/h2-6,10-13,16H,1,9,14-15H2,(H,24,26). The van der Waals surface area contributed by atoms with E-state index in [0.717, 1.165) is 17.7 Å². The Kier molecular flexibility index (Phi) is 6.27. The predicted molar refractivity (Wildman–Crippen MR) is 108 cm³/mol. The molecule has 1 aromatic heterocycles. The molecule has 0 unspecified atom stereocenters. The molecule has 0 aliphatic carbocycles. The Labute approximate surface area is 162 Å². The number of carbonyl (C=O) groups is 1. The number of ether oxygens (including phenoxy) is 1. The van der Waals surface area contributed by atoms with Gasteiger partial charge in [-0.1, -0.05) is 48.2 Å². The lowest BCUT2D eigenvalue weighted by atomic mass is 10.1. The summed E-state index contributed by atoms with van der Waals surface area (Å²) in [5.74, 6) is 5.89. The molecule has 1 N–H and O–H groups in total. The SMILES string of the molecule is C=CCc1ccccc1OCC#CCNC(=O)c1cc(=O)c2ccccc2o1. The molecule has 1 heterocycles. The van der Waals surface area contributed by atoms with E-state index in [1.807, 2.05) is 30.3 Å². The second-order valence-corrected chi connectivity index (χ2v) is 5.90. The summed E-state index contributed by atoms with van der Waals surface area (Å²) in [5, 5.41) is 3.04. The van der Waals surface area contributed by atoms with Gasteiger partial charge in [0.1, 0.15) is 17.9 Å². The first kappa shape index (κ1) is 19.0. The van der Waals surface area contributed by atoms with Crippen LogP contribution < -0.4 is 15.5 Å². The molecule has 0 bridgehead atoms. The number of benzene rings is 2. The van der Waals surface area contributed by atoms with Gasteiger partial charge >= 0.3 is 0 Å². The Morgan fingerprint density at radius 2 is 1.93 bits per heavy atom. The van der Waals surface area contributed by atoms with Crippen molar-refractivity contribution in [3.05, 3.63) is 88.8 Å². The van der Waals surface area contributed by atoms with Gasteiger partial charge in [-0.25, -0.2) is 0 Å². The maximum absolute atomic E-state index is 12.2. The highest BCUT2D eigenvalue weighted by molar-refractivity contribution is 5.93. The van der Waals surface area contributed by atoms with Crippen molar-refractivity contribution in [2.45, 2.75) is 6.42 Å². The van der Waals surface area contributed by atoms with Crippen molar-refractivity contribution in [1.82, 2.24) is 5.32 Å². The molecule has 5 heteroatoms. The highest BCUT2D eigenvalue weighted by Gasteiger charge is 2.11. The number of fused-ring (bicyclic) bond motifs is 1. The molecule has 5 nitrogen and oxygen atoms in total. The number of nitrogens with one attached hydrogen (secondary N) is 1. The lowest BCUT2D eigenvalue weighted by Crippen LogP contribution is -2.24. The molecule has 3 rings (SSSR count). The minimum absolute atomic E-state index is 0.0416. The molecule has 1 amide bonds. The van der Waals surface area contributed by atoms with Crippen molar-refractivity contribution in [3.63, 3.8) is 0 Å². The number of para-hydroxylation sites is 2. The van der Waals surface area contributed by atoms with Crippen LogP contribution in [0.2, 0.25) is 0 Å². The maximum Gasteiger partial charge on any atom is 0.287 e. The van der Waals surface area contributed by atoms with Gasteiger partial charge in [0.15, 0.2) is 11.2 Å². The molecule has 0 aliphatic rings. The van der Waals surface area contributed by atoms with E-state index in [1.165, 1.54) is 6.07 Å². The van der Waals surface area contributed by atoms with E-state index in [4.69, 9.17) is 9.15 Å². The van der Waals surface area contributed by atoms with Crippen molar-refractivity contribution in [2.24, 2.45) is 0 Å². The number of allylic oxidation sites excluding steroid dienone is 1. The second-order valence-electron chi connectivity index (χ2n) is 5.90. The van der Waals surface area contributed by atoms with E-state index < -0.39 is 5.91 Å². The molecule has 0 radical (unpaired) electrons. The van der Waals surface area contributed by atoms with Crippen LogP contribution in [0.15, 0.2) is 76.5 Å². The zero-order chi connectivity index (χ0) is 19.8. The summed E-state index contributed by atoms with van der Waals surface area (Å²) >= 11 is 0. The van der Waals surface area contributed by atoms with Crippen LogP contribution in [0.4, 0.5) is 0 Å². The third-order valence-electron chi connectivity index (χ3n) is 3.96. The number of rotatable bonds is 6. The van der Waals surface area contributed by atoms with Crippen molar-refractivity contribution >= 4 is 16.9 Å². The molecule has 3 aromatic rings. The van der Waals surface area contributed by atoms with Crippen LogP contribution in [-0.4, -0.2) is 19.1 Å². The summed E-state index contributed by atoms with van der Waals surface area (Å²) in [4.78, 5) is 24.2. The molecule has 0 fully saturated rings. The lowest BCUT2D eigenvalue weighted by molar-refractivity contribution is 0.0931. The molecular formula is C23H19NO4. The zero-order valence-electron chi connectivity index (χ0n) is 15.2. The number of carbonyl (C=O) groups excluding carboxylic acids is 1. The number of amides is 1. The molecule has 0 aliphatic heterocycles. The fourth-order valence-electron chi connectivity index (χ4n) is 2.62. The quantitative estimate of drug-likeness (QED) is 0.532. The topological polar surface area (TPSA) is 68.5 Å². The van der Waals surface area contributed by atoms with Crippen LogP contribution in [0, 0.1) is 11.8 Å². The number of hydrogen-bond donors (Lipinski definition) is 1. The Hall–Kier alpha value is -3.78. The van der Waals surface area contributed by atoms with Crippen LogP contribution in [0.1, 0.15) is 16.1 Å². The third-order valence-corrected chi connectivity index (χ3v) is 3.96. The van der Waals surface area contributed by atoms with Crippen LogP contribution >= 0.6 is 0 Å². The van der Waals surface area contributed by atoms with Gasteiger partial charge in [-0.2, -0.15) is 0 Å². The van der Waals surface area contributed by atoms with Crippen LogP contribution in [0.5, 0.6) is 5.75 Å². The predicted octanol–water partition coefficient (Wildman–Crippen LogP) is 3.33. The van der Waals surface area contributed by atoms with Gasteiger partial charge in [0, 0.05) is 6.07 Å². The van der Waals surface area contributed by atoms with Gasteiger partial charge in [0.2, 0.25) is 0 Å². The minimum atomic E-state index is -0.491. The molecule has 28 heavy (non-hydrogen) atoms. The van der Waals surface area contributed by atoms with E-state index in [9.17, 15) is 9.59 Å². The number of hydrogen-bond acceptors (Lipinski definition) is 4.